The van der Waals surface area contributed by atoms with Gasteiger partial charge in [-0.2, -0.15) is 0 Å². The number of pyridine rings is 1. The topological polar surface area (TPSA) is 22.1 Å². The van der Waals surface area contributed by atoms with Crippen molar-refractivity contribution in [2.75, 3.05) is 6.61 Å². The summed E-state index contributed by atoms with van der Waals surface area (Å²) in [6, 6.07) is 1.33. The summed E-state index contributed by atoms with van der Waals surface area (Å²) in [6.45, 7) is 2.59. The molecule has 0 unspecified atom stereocenters. The van der Waals surface area contributed by atoms with E-state index in [1.165, 1.54) is 6.07 Å². The van der Waals surface area contributed by atoms with E-state index in [0.717, 1.165) is 12.6 Å². The molecule has 2 nitrogen and oxygen atoms in total. The zero-order chi connectivity index (χ0) is 8.97. The summed E-state index contributed by atoms with van der Waals surface area (Å²) in [5, 5.41) is 0. The van der Waals surface area contributed by atoms with Crippen molar-refractivity contribution in [3.8, 4) is 5.88 Å². The van der Waals surface area contributed by atoms with Gasteiger partial charge in [-0.3, -0.25) is 0 Å². The number of hydrogen-bond acceptors (Lipinski definition) is 2. The number of aromatic nitrogens is 1. The zero-order valence-electron chi connectivity index (χ0n) is 6.68. The van der Waals surface area contributed by atoms with Crippen LogP contribution in [-0.2, 0) is 0 Å². The maximum absolute atomic E-state index is 12.5. The molecule has 0 radical (unpaired) electrons. The van der Waals surface area contributed by atoms with E-state index in [-0.39, 0.29) is 5.82 Å². The van der Waals surface area contributed by atoms with Gasteiger partial charge in [-0.1, -0.05) is 6.92 Å². The Hall–Kier alpha value is -0.640. The molecule has 0 N–H and O–H groups in total. The molecule has 4 heteroatoms. The lowest BCUT2D eigenvalue weighted by molar-refractivity contribution is 0.302. The average Bonchev–Trinajstić information content (AvgIpc) is 2.03. The van der Waals surface area contributed by atoms with Gasteiger partial charge in [0, 0.05) is 0 Å². The second-order valence-electron chi connectivity index (χ2n) is 2.29. The van der Waals surface area contributed by atoms with Gasteiger partial charge in [-0.05, 0) is 28.4 Å². The summed E-state index contributed by atoms with van der Waals surface area (Å²) in [5.41, 5.74) is 0. The lowest BCUT2D eigenvalue weighted by Gasteiger charge is -2.04. The summed E-state index contributed by atoms with van der Waals surface area (Å²) in [5.74, 6) is 0.0731. The van der Waals surface area contributed by atoms with E-state index in [9.17, 15) is 4.39 Å². The van der Waals surface area contributed by atoms with Gasteiger partial charge in [0.25, 0.3) is 0 Å². The smallest absolute Gasteiger partial charge is 0.228 e. The molecular formula is C8H9BrFNO. The highest BCUT2D eigenvalue weighted by Gasteiger charge is 2.02. The number of rotatable bonds is 3. The second-order valence-corrected chi connectivity index (χ2v) is 3.14. The summed E-state index contributed by atoms with van der Waals surface area (Å²) >= 11 is 3.15. The third kappa shape index (κ3) is 2.44. The van der Waals surface area contributed by atoms with Gasteiger partial charge in [-0.15, -0.1) is 0 Å². The molecular weight excluding hydrogens is 225 g/mol. The lowest BCUT2D eigenvalue weighted by atomic mass is 10.4. The van der Waals surface area contributed by atoms with Crippen LogP contribution in [0, 0.1) is 5.82 Å². The van der Waals surface area contributed by atoms with Gasteiger partial charge in [0.05, 0.1) is 17.3 Å². The van der Waals surface area contributed by atoms with E-state index in [1.54, 1.807) is 0 Å². The fourth-order valence-electron chi connectivity index (χ4n) is 0.707. The fourth-order valence-corrected chi connectivity index (χ4v) is 1.14. The highest BCUT2D eigenvalue weighted by molar-refractivity contribution is 9.10. The summed E-state index contributed by atoms with van der Waals surface area (Å²) in [6.07, 6.45) is 2.04. The molecule has 0 atom stereocenters. The summed E-state index contributed by atoms with van der Waals surface area (Å²) in [4.78, 5) is 3.77. The van der Waals surface area contributed by atoms with Gasteiger partial charge in [-0.25, -0.2) is 9.37 Å². The number of halogens is 2. The molecule has 0 aliphatic rings. The quantitative estimate of drug-likeness (QED) is 0.802. The number of hydrogen-bond donors (Lipinski definition) is 0. The standard InChI is InChI=1S/C8H9BrFNO/c1-2-3-12-8-7(9)4-6(10)5-11-8/h4-5H,2-3H2,1H3. The Morgan fingerprint density at radius 1 is 1.67 bits per heavy atom. The Morgan fingerprint density at radius 3 is 3.00 bits per heavy atom. The van der Waals surface area contributed by atoms with Gasteiger partial charge in [0.1, 0.15) is 5.82 Å². The Bertz CT molecular complexity index is 267. The van der Waals surface area contributed by atoms with Crippen molar-refractivity contribution in [3.05, 3.63) is 22.6 Å². The van der Waals surface area contributed by atoms with Gasteiger partial charge in [0.2, 0.25) is 5.88 Å². The van der Waals surface area contributed by atoms with Gasteiger partial charge < -0.3 is 4.74 Å². The van der Waals surface area contributed by atoms with Crippen LogP contribution in [0.3, 0.4) is 0 Å². The largest absolute Gasteiger partial charge is 0.477 e. The van der Waals surface area contributed by atoms with Crippen LogP contribution in [0.5, 0.6) is 5.88 Å². The van der Waals surface area contributed by atoms with Crippen molar-refractivity contribution >= 4 is 15.9 Å². The number of ether oxygens (including phenoxy) is 1. The van der Waals surface area contributed by atoms with Crippen molar-refractivity contribution in [2.45, 2.75) is 13.3 Å². The molecule has 1 rings (SSSR count). The summed E-state index contributed by atoms with van der Waals surface area (Å²) < 4.78 is 18.3. The molecule has 0 aliphatic heterocycles. The average molecular weight is 234 g/mol. The predicted molar refractivity (Wildman–Crippen MR) is 47.7 cm³/mol. The molecule has 0 aliphatic carbocycles. The first kappa shape index (κ1) is 9.45. The molecule has 1 heterocycles. The van der Waals surface area contributed by atoms with E-state index in [1.807, 2.05) is 6.92 Å². The molecule has 66 valence electrons. The third-order valence-electron chi connectivity index (χ3n) is 1.22. The maximum Gasteiger partial charge on any atom is 0.228 e. The molecule has 0 saturated heterocycles. The number of nitrogens with zero attached hydrogens (tertiary/aromatic N) is 1. The first-order valence-electron chi connectivity index (χ1n) is 3.68. The molecule has 1 aromatic rings. The monoisotopic (exact) mass is 233 g/mol. The molecule has 1 aromatic heterocycles. The van der Waals surface area contributed by atoms with Crippen molar-refractivity contribution in [1.29, 1.82) is 0 Å². The normalized spacial score (nSPS) is 9.92. The predicted octanol–water partition coefficient (Wildman–Crippen LogP) is 2.77. The van der Waals surface area contributed by atoms with Crippen molar-refractivity contribution < 1.29 is 9.13 Å². The summed E-state index contributed by atoms with van der Waals surface area (Å²) in [7, 11) is 0. The molecule has 0 amide bonds. The Labute approximate surface area is 78.9 Å². The van der Waals surface area contributed by atoms with E-state index < -0.39 is 0 Å². The van der Waals surface area contributed by atoms with E-state index in [4.69, 9.17) is 4.74 Å². The van der Waals surface area contributed by atoms with Crippen LogP contribution in [0.1, 0.15) is 13.3 Å². The fraction of sp³-hybridized carbons (Fsp3) is 0.375. The molecule has 12 heavy (non-hydrogen) atoms. The highest BCUT2D eigenvalue weighted by atomic mass is 79.9. The molecule has 0 bridgehead atoms. The molecule has 0 aromatic carbocycles. The minimum absolute atomic E-state index is 0.370. The maximum atomic E-state index is 12.5. The van der Waals surface area contributed by atoms with E-state index in [2.05, 4.69) is 20.9 Å². The Kier molecular flexibility index (Phi) is 3.47. The minimum Gasteiger partial charge on any atom is -0.477 e. The van der Waals surface area contributed by atoms with Crippen LogP contribution in [-0.4, -0.2) is 11.6 Å². The SMILES string of the molecule is CCCOc1ncc(F)cc1Br. The molecule has 0 fully saturated rings. The van der Waals surface area contributed by atoms with Gasteiger partial charge in [0.15, 0.2) is 0 Å². The van der Waals surface area contributed by atoms with Crippen LogP contribution < -0.4 is 4.74 Å². The van der Waals surface area contributed by atoms with Crippen LogP contribution in [0.2, 0.25) is 0 Å². The third-order valence-corrected chi connectivity index (χ3v) is 1.79. The minimum atomic E-state index is -0.370. The van der Waals surface area contributed by atoms with Crippen LogP contribution in [0.4, 0.5) is 4.39 Å². The molecule has 0 saturated carbocycles. The van der Waals surface area contributed by atoms with Crippen molar-refractivity contribution in [2.24, 2.45) is 0 Å². The van der Waals surface area contributed by atoms with E-state index in [0.29, 0.717) is 17.0 Å². The molecule has 0 spiro atoms. The van der Waals surface area contributed by atoms with E-state index >= 15 is 0 Å². The van der Waals surface area contributed by atoms with Crippen LogP contribution >= 0.6 is 15.9 Å². The van der Waals surface area contributed by atoms with Crippen LogP contribution in [0.25, 0.3) is 0 Å². The van der Waals surface area contributed by atoms with Crippen molar-refractivity contribution in [1.82, 2.24) is 4.98 Å². The Morgan fingerprint density at radius 2 is 2.42 bits per heavy atom. The highest BCUT2D eigenvalue weighted by Crippen LogP contribution is 2.22. The first-order valence-corrected chi connectivity index (χ1v) is 4.47. The Balaban J connectivity index is 2.72. The van der Waals surface area contributed by atoms with Gasteiger partial charge >= 0.3 is 0 Å². The zero-order valence-corrected chi connectivity index (χ0v) is 8.27. The van der Waals surface area contributed by atoms with Crippen molar-refractivity contribution in [3.63, 3.8) is 0 Å². The second kappa shape index (κ2) is 4.40. The van der Waals surface area contributed by atoms with Crippen LogP contribution in [0.15, 0.2) is 16.7 Å². The first-order chi connectivity index (χ1) is 5.74. The lowest BCUT2D eigenvalue weighted by Crippen LogP contribution is -1.98.